The van der Waals surface area contributed by atoms with Gasteiger partial charge in [0.25, 0.3) is 11.8 Å². The van der Waals surface area contributed by atoms with Crippen LogP contribution in [0.15, 0.2) is 83.4 Å². The van der Waals surface area contributed by atoms with Gasteiger partial charge in [0.15, 0.2) is 11.5 Å². The summed E-state index contributed by atoms with van der Waals surface area (Å²) in [6, 6.07) is 24.1. The summed E-state index contributed by atoms with van der Waals surface area (Å²) in [4.78, 5) is 17.0. The molecule has 2 heterocycles. The third kappa shape index (κ3) is 3.60. The Labute approximate surface area is 172 Å². The van der Waals surface area contributed by atoms with Crippen molar-refractivity contribution in [2.45, 2.75) is 6.10 Å². The fourth-order valence-corrected chi connectivity index (χ4v) is 3.11. The first kappa shape index (κ1) is 17.9. The largest absolute Gasteiger partial charge is 0.485 e. The van der Waals surface area contributed by atoms with Gasteiger partial charge in [0, 0.05) is 16.8 Å². The Balaban J connectivity index is 1.26. The Morgan fingerprint density at radius 1 is 0.867 bits per heavy atom. The maximum absolute atomic E-state index is 12.5. The van der Waals surface area contributed by atoms with Gasteiger partial charge in [-0.15, -0.1) is 0 Å². The van der Waals surface area contributed by atoms with Gasteiger partial charge in [-0.25, -0.2) is 0 Å². The van der Waals surface area contributed by atoms with Crippen molar-refractivity contribution in [1.29, 1.82) is 0 Å². The summed E-state index contributed by atoms with van der Waals surface area (Å²) < 4.78 is 16.7. The zero-order valence-electron chi connectivity index (χ0n) is 15.8. The number of benzene rings is 3. The third-order valence-electron chi connectivity index (χ3n) is 4.66. The molecule has 0 saturated heterocycles. The molecule has 7 heteroatoms. The molecular weight excluding hydrogens is 382 g/mol. The molecule has 1 unspecified atom stereocenters. The minimum absolute atomic E-state index is 0.158. The maximum Gasteiger partial charge on any atom is 0.269 e. The topological polar surface area (TPSA) is 86.5 Å². The summed E-state index contributed by atoms with van der Waals surface area (Å²) in [5, 5.41) is 6.87. The number of rotatable bonds is 4. The van der Waals surface area contributed by atoms with Gasteiger partial charge in [-0.2, -0.15) is 4.98 Å². The van der Waals surface area contributed by atoms with Crippen LogP contribution in [0.3, 0.4) is 0 Å². The van der Waals surface area contributed by atoms with E-state index in [0.717, 1.165) is 11.1 Å². The molecule has 0 aliphatic carbocycles. The van der Waals surface area contributed by atoms with Crippen LogP contribution >= 0.6 is 0 Å². The number of carbonyl (C=O) groups is 1. The van der Waals surface area contributed by atoms with Crippen molar-refractivity contribution in [2.75, 3.05) is 11.9 Å². The van der Waals surface area contributed by atoms with Crippen molar-refractivity contribution < 1.29 is 18.8 Å². The van der Waals surface area contributed by atoms with E-state index in [1.54, 1.807) is 18.2 Å². The summed E-state index contributed by atoms with van der Waals surface area (Å²) in [7, 11) is 0. The molecule has 3 aromatic carbocycles. The van der Waals surface area contributed by atoms with Crippen molar-refractivity contribution >= 4 is 11.6 Å². The van der Waals surface area contributed by atoms with E-state index in [2.05, 4.69) is 15.5 Å². The molecule has 0 fully saturated rings. The van der Waals surface area contributed by atoms with Gasteiger partial charge < -0.3 is 19.3 Å². The SMILES string of the molecule is O=C(Nc1ccc(-c2nc(-c3ccccc3)no2)cc1)C1COc2ccccc2O1. The number of para-hydroxylation sites is 2. The Hall–Kier alpha value is -4.13. The molecule has 1 atom stereocenters. The highest BCUT2D eigenvalue weighted by Crippen LogP contribution is 2.31. The van der Waals surface area contributed by atoms with Gasteiger partial charge in [0.2, 0.25) is 11.9 Å². The number of fused-ring (bicyclic) bond motifs is 1. The zero-order valence-corrected chi connectivity index (χ0v) is 15.8. The Bertz CT molecular complexity index is 1170. The van der Waals surface area contributed by atoms with Crippen molar-refractivity contribution in [2.24, 2.45) is 0 Å². The molecular formula is C23H17N3O4. The number of carbonyl (C=O) groups excluding carboxylic acids is 1. The summed E-state index contributed by atoms with van der Waals surface area (Å²) >= 11 is 0. The van der Waals surface area contributed by atoms with Gasteiger partial charge in [-0.3, -0.25) is 4.79 Å². The maximum atomic E-state index is 12.5. The van der Waals surface area contributed by atoms with Crippen molar-refractivity contribution in [3.8, 4) is 34.3 Å². The third-order valence-corrected chi connectivity index (χ3v) is 4.66. The van der Waals surface area contributed by atoms with Crippen LogP contribution in [0, 0.1) is 0 Å². The molecule has 148 valence electrons. The van der Waals surface area contributed by atoms with Crippen molar-refractivity contribution in [1.82, 2.24) is 10.1 Å². The van der Waals surface area contributed by atoms with Crippen LogP contribution < -0.4 is 14.8 Å². The van der Waals surface area contributed by atoms with Gasteiger partial charge >= 0.3 is 0 Å². The van der Waals surface area contributed by atoms with E-state index in [9.17, 15) is 4.79 Å². The predicted octanol–water partition coefficient (Wildman–Crippen LogP) is 4.18. The average Bonchev–Trinajstić information content (AvgIpc) is 3.30. The summed E-state index contributed by atoms with van der Waals surface area (Å²) in [5.74, 6) is 1.86. The van der Waals surface area contributed by atoms with Crippen molar-refractivity contribution in [3.63, 3.8) is 0 Å². The average molecular weight is 399 g/mol. The Morgan fingerprint density at radius 2 is 1.60 bits per heavy atom. The summed E-state index contributed by atoms with van der Waals surface area (Å²) in [6.07, 6.45) is -0.719. The van der Waals surface area contributed by atoms with Gasteiger partial charge in [0.05, 0.1) is 0 Å². The lowest BCUT2D eigenvalue weighted by Crippen LogP contribution is -2.40. The Morgan fingerprint density at radius 3 is 2.40 bits per heavy atom. The molecule has 30 heavy (non-hydrogen) atoms. The van der Waals surface area contributed by atoms with Crippen LogP contribution in [-0.2, 0) is 4.79 Å². The molecule has 0 radical (unpaired) electrons. The zero-order chi connectivity index (χ0) is 20.3. The highest BCUT2D eigenvalue weighted by atomic mass is 16.6. The molecule has 1 aliphatic rings. The van der Waals surface area contributed by atoms with Gasteiger partial charge in [-0.1, -0.05) is 47.6 Å². The minimum atomic E-state index is -0.719. The smallest absolute Gasteiger partial charge is 0.269 e. The van der Waals surface area contributed by atoms with Crippen LogP contribution in [0.1, 0.15) is 0 Å². The number of hydrogen-bond acceptors (Lipinski definition) is 6. The van der Waals surface area contributed by atoms with Gasteiger partial charge in [0.1, 0.15) is 6.61 Å². The monoisotopic (exact) mass is 399 g/mol. The lowest BCUT2D eigenvalue weighted by molar-refractivity contribution is -0.125. The molecule has 5 rings (SSSR count). The van der Waals surface area contributed by atoms with Crippen molar-refractivity contribution in [3.05, 3.63) is 78.9 Å². The van der Waals surface area contributed by atoms with Crippen LogP contribution in [-0.4, -0.2) is 28.8 Å². The van der Waals surface area contributed by atoms with E-state index in [1.165, 1.54) is 0 Å². The first-order chi connectivity index (χ1) is 14.8. The van der Waals surface area contributed by atoms with E-state index in [1.807, 2.05) is 60.7 Å². The molecule has 7 nitrogen and oxygen atoms in total. The second-order valence-corrected chi connectivity index (χ2v) is 6.72. The molecule has 0 saturated carbocycles. The molecule has 1 N–H and O–H groups in total. The first-order valence-electron chi connectivity index (χ1n) is 9.45. The quantitative estimate of drug-likeness (QED) is 0.554. The van der Waals surface area contributed by atoms with Crippen LogP contribution in [0.25, 0.3) is 22.8 Å². The second kappa shape index (κ2) is 7.71. The number of hydrogen-bond donors (Lipinski definition) is 1. The second-order valence-electron chi connectivity index (χ2n) is 6.72. The van der Waals surface area contributed by atoms with E-state index in [-0.39, 0.29) is 12.5 Å². The molecule has 0 spiro atoms. The highest BCUT2D eigenvalue weighted by Gasteiger charge is 2.27. The van der Waals surface area contributed by atoms with Gasteiger partial charge in [-0.05, 0) is 36.4 Å². The van der Waals surface area contributed by atoms with Crippen LogP contribution in [0.5, 0.6) is 11.5 Å². The standard InChI is InChI=1S/C23H17N3O4/c27-22(20-14-28-18-8-4-5-9-19(18)29-20)24-17-12-10-16(11-13-17)23-25-21(26-30-23)15-6-2-1-3-7-15/h1-13,20H,14H2,(H,24,27). The van der Waals surface area contributed by atoms with E-state index >= 15 is 0 Å². The number of anilines is 1. The molecule has 0 bridgehead atoms. The number of nitrogens with zero attached hydrogens (tertiary/aromatic N) is 2. The fraction of sp³-hybridized carbons (Fsp3) is 0.0870. The number of ether oxygens (including phenoxy) is 2. The van der Waals surface area contributed by atoms with Crippen LogP contribution in [0.4, 0.5) is 5.69 Å². The number of aromatic nitrogens is 2. The fourth-order valence-electron chi connectivity index (χ4n) is 3.11. The normalized spacial score (nSPS) is 14.9. The molecule has 1 aliphatic heterocycles. The molecule has 1 amide bonds. The Kier molecular flexibility index (Phi) is 4.61. The first-order valence-corrected chi connectivity index (χ1v) is 9.45. The highest BCUT2D eigenvalue weighted by molar-refractivity contribution is 5.94. The lowest BCUT2D eigenvalue weighted by atomic mass is 10.2. The predicted molar refractivity (Wildman–Crippen MR) is 110 cm³/mol. The number of nitrogens with one attached hydrogen (secondary N) is 1. The summed E-state index contributed by atoms with van der Waals surface area (Å²) in [5.41, 5.74) is 2.27. The lowest BCUT2D eigenvalue weighted by Gasteiger charge is -2.25. The van der Waals surface area contributed by atoms with E-state index in [4.69, 9.17) is 14.0 Å². The van der Waals surface area contributed by atoms with Crippen LogP contribution in [0.2, 0.25) is 0 Å². The molecule has 4 aromatic rings. The molecule has 1 aromatic heterocycles. The minimum Gasteiger partial charge on any atom is -0.485 e. The summed E-state index contributed by atoms with van der Waals surface area (Å²) in [6.45, 7) is 0.158. The van der Waals surface area contributed by atoms with E-state index < -0.39 is 6.10 Å². The van der Waals surface area contributed by atoms with E-state index in [0.29, 0.717) is 28.9 Å². The number of amides is 1.